The Kier molecular flexibility index (Phi) is 4.22. The molecule has 1 aliphatic rings. The number of hydrogen-bond donors (Lipinski definition) is 0. The summed E-state index contributed by atoms with van der Waals surface area (Å²) < 4.78 is 1.14. The minimum atomic E-state index is 0.208. The number of nitrogens with zero attached hydrogens (tertiary/aromatic N) is 3. The number of para-hydroxylation sites is 1. The molecule has 1 fully saturated rings. The van der Waals surface area contributed by atoms with E-state index in [1.54, 1.807) is 11.3 Å². The van der Waals surface area contributed by atoms with Crippen molar-refractivity contribution in [2.45, 2.75) is 19.3 Å². The van der Waals surface area contributed by atoms with Gasteiger partial charge in [0.15, 0.2) is 5.13 Å². The Bertz CT molecular complexity index is 600. The number of fused-ring (bicyclic) bond motifs is 1. The first-order valence-corrected chi connectivity index (χ1v) is 8.28. The van der Waals surface area contributed by atoms with Crippen LogP contribution in [0.15, 0.2) is 24.3 Å². The number of anilines is 1. The molecule has 0 radical (unpaired) electrons. The van der Waals surface area contributed by atoms with Gasteiger partial charge in [0.2, 0.25) is 5.91 Å². The maximum atomic E-state index is 12.7. The summed E-state index contributed by atoms with van der Waals surface area (Å²) in [4.78, 5) is 21.4. The van der Waals surface area contributed by atoms with E-state index in [0.29, 0.717) is 6.54 Å². The van der Waals surface area contributed by atoms with Crippen LogP contribution in [0.4, 0.5) is 5.13 Å². The number of carbonyl (C=O) groups is 1. The average Bonchev–Trinajstić information content (AvgIpc) is 2.79. The summed E-state index contributed by atoms with van der Waals surface area (Å²) in [5.41, 5.74) is 0.980. The van der Waals surface area contributed by atoms with Crippen LogP contribution in [-0.2, 0) is 4.79 Å². The van der Waals surface area contributed by atoms with Gasteiger partial charge in [0.05, 0.1) is 10.2 Å². The Morgan fingerprint density at radius 2 is 2.05 bits per heavy atom. The number of benzene rings is 1. The van der Waals surface area contributed by atoms with Gasteiger partial charge in [-0.2, -0.15) is 0 Å². The largest absolute Gasteiger partial charge is 0.308 e. The van der Waals surface area contributed by atoms with Gasteiger partial charge in [-0.05, 0) is 39.1 Å². The molecule has 0 spiro atoms. The molecule has 0 saturated heterocycles. The summed E-state index contributed by atoms with van der Waals surface area (Å²) >= 11 is 1.61. The number of likely N-dealkylation sites (N-methyl/N-ethyl adjacent to an activating group) is 1. The van der Waals surface area contributed by atoms with Gasteiger partial charge in [-0.1, -0.05) is 29.9 Å². The van der Waals surface area contributed by atoms with Crippen LogP contribution in [0.1, 0.15) is 19.3 Å². The predicted octanol–water partition coefficient (Wildman–Crippen LogP) is 2.99. The lowest BCUT2D eigenvalue weighted by atomic mass is 9.84. The van der Waals surface area contributed by atoms with Gasteiger partial charge in [-0.25, -0.2) is 4.98 Å². The summed E-state index contributed by atoms with van der Waals surface area (Å²) in [5.74, 6) is 0.460. The van der Waals surface area contributed by atoms with Crippen molar-refractivity contribution in [2.75, 3.05) is 32.1 Å². The van der Waals surface area contributed by atoms with E-state index in [9.17, 15) is 4.79 Å². The normalized spacial score (nSPS) is 15.4. The zero-order valence-electron chi connectivity index (χ0n) is 12.6. The fourth-order valence-corrected chi connectivity index (χ4v) is 3.45. The van der Waals surface area contributed by atoms with Crippen LogP contribution in [0.2, 0.25) is 0 Å². The Hall–Kier alpha value is -1.46. The van der Waals surface area contributed by atoms with E-state index in [4.69, 9.17) is 0 Å². The molecule has 3 rings (SSSR count). The molecule has 5 heteroatoms. The Labute approximate surface area is 129 Å². The molecule has 0 aliphatic heterocycles. The fourth-order valence-electron chi connectivity index (χ4n) is 2.45. The van der Waals surface area contributed by atoms with E-state index in [0.717, 1.165) is 34.7 Å². The van der Waals surface area contributed by atoms with E-state index < -0.39 is 0 Å². The third-order valence-electron chi connectivity index (χ3n) is 4.00. The third-order valence-corrected chi connectivity index (χ3v) is 5.06. The molecule has 0 N–H and O–H groups in total. The number of thiazole rings is 1. The highest BCUT2D eigenvalue weighted by Gasteiger charge is 2.31. The molecule has 0 unspecified atom stereocenters. The molecule has 1 aromatic heterocycles. The molecule has 1 heterocycles. The minimum absolute atomic E-state index is 0.208. The highest BCUT2D eigenvalue weighted by Crippen LogP contribution is 2.33. The van der Waals surface area contributed by atoms with E-state index in [-0.39, 0.29) is 11.8 Å². The summed E-state index contributed by atoms with van der Waals surface area (Å²) in [7, 11) is 4.06. The topological polar surface area (TPSA) is 36.4 Å². The Morgan fingerprint density at radius 3 is 2.67 bits per heavy atom. The smallest absolute Gasteiger partial charge is 0.231 e. The Balaban J connectivity index is 1.87. The van der Waals surface area contributed by atoms with Crippen LogP contribution in [0.3, 0.4) is 0 Å². The summed E-state index contributed by atoms with van der Waals surface area (Å²) in [6.45, 7) is 1.57. The lowest BCUT2D eigenvalue weighted by molar-refractivity contribution is -0.124. The lowest BCUT2D eigenvalue weighted by Gasteiger charge is -2.30. The maximum Gasteiger partial charge on any atom is 0.231 e. The van der Waals surface area contributed by atoms with Crippen LogP contribution in [0, 0.1) is 5.92 Å². The van der Waals surface area contributed by atoms with Gasteiger partial charge in [0, 0.05) is 19.0 Å². The maximum absolute atomic E-state index is 12.7. The predicted molar refractivity (Wildman–Crippen MR) is 87.9 cm³/mol. The van der Waals surface area contributed by atoms with Crippen molar-refractivity contribution in [1.29, 1.82) is 0 Å². The third kappa shape index (κ3) is 3.09. The van der Waals surface area contributed by atoms with Crippen molar-refractivity contribution in [3.63, 3.8) is 0 Å². The van der Waals surface area contributed by atoms with Crippen molar-refractivity contribution in [3.8, 4) is 0 Å². The lowest BCUT2D eigenvalue weighted by Crippen LogP contribution is -2.42. The van der Waals surface area contributed by atoms with Crippen LogP contribution < -0.4 is 4.90 Å². The molecule has 0 bridgehead atoms. The molecule has 112 valence electrons. The van der Waals surface area contributed by atoms with Gasteiger partial charge >= 0.3 is 0 Å². The van der Waals surface area contributed by atoms with Crippen LogP contribution in [0.25, 0.3) is 10.2 Å². The van der Waals surface area contributed by atoms with Crippen LogP contribution in [-0.4, -0.2) is 43.0 Å². The van der Waals surface area contributed by atoms with E-state index >= 15 is 0 Å². The second-order valence-corrected chi connectivity index (χ2v) is 6.89. The molecule has 4 nitrogen and oxygen atoms in total. The monoisotopic (exact) mass is 303 g/mol. The molecule has 1 aliphatic carbocycles. The van der Waals surface area contributed by atoms with E-state index in [1.165, 1.54) is 6.42 Å². The zero-order chi connectivity index (χ0) is 14.8. The van der Waals surface area contributed by atoms with Crippen molar-refractivity contribution < 1.29 is 4.79 Å². The highest BCUT2D eigenvalue weighted by molar-refractivity contribution is 7.22. The standard InChI is InChI=1S/C16H21N3OS/c1-18(2)10-11-19(15(20)12-6-5-7-12)16-17-13-8-3-4-9-14(13)21-16/h3-4,8-9,12H,5-7,10-11H2,1-2H3. The van der Waals surface area contributed by atoms with Gasteiger partial charge in [0.25, 0.3) is 0 Å². The van der Waals surface area contributed by atoms with Gasteiger partial charge in [-0.15, -0.1) is 0 Å². The van der Waals surface area contributed by atoms with Crippen LogP contribution in [0.5, 0.6) is 0 Å². The van der Waals surface area contributed by atoms with Crippen molar-refractivity contribution in [3.05, 3.63) is 24.3 Å². The number of hydrogen-bond acceptors (Lipinski definition) is 4. The van der Waals surface area contributed by atoms with Crippen molar-refractivity contribution in [2.24, 2.45) is 5.92 Å². The second-order valence-electron chi connectivity index (χ2n) is 5.89. The quantitative estimate of drug-likeness (QED) is 0.852. The highest BCUT2D eigenvalue weighted by atomic mass is 32.1. The van der Waals surface area contributed by atoms with E-state index in [2.05, 4.69) is 16.0 Å². The Morgan fingerprint density at radius 1 is 1.29 bits per heavy atom. The first kappa shape index (κ1) is 14.5. The van der Waals surface area contributed by atoms with Gasteiger partial charge in [0.1, 0.15) is 0 Å². The SMILES string of the molecule is CN(C)CCN(C(=O)C1CCC1)c1nc2ccccc2s1. The van der Waals surface area contributed by atoms with Gasteiger partial charge in [-0.3, -0.25) is 9.69 Å². The number of rotatable bonds is 5. The van der Waals surface area contributed by atoms with Crippen molar-refractivity contribution >= 4 is 32.6 Å². The molecular weight excluding hydrogens is 282 g/mol. The van der Waals surface area contributed by atoms with E-state index in [1.807, 2.05) is 37.2 Å². The summed E-state index contributed by atoms with van der Waals surface area (Å²) in [6, 6.07) is 8.08. The second kappa shape index (κ2) is 6.12. The molecular formula is C16H21N3OS. The van der Waals surface area contributed by atoms with Crippen LogP contribution >= 0.6 is 11.3 Å². The molecule has 21 heavy (non-hydrogen) atoms. The number of aromatic nitrogens is 1. The van der Waals surface area contributed by atoms with Gasteiger partial charge < -0.3 is 4.90 Å². The number of carbonyl (C=O) groups excluding carboxylic acids is 1. The van der Waals surface area contributed by atoms with Crippen molar-refractivity contribution in [1.82, 2.24) is 9.88 Å². The summed E-state index contributed by atoms with van der Waals surface area (Å²) in [6.07, 6.45) is 3.24. The minimum Gasteiger partial charge on any atom is -0.308 e. The molecule has 1 amide bonds. The molecule has 1 aromatic carbocycles. The fraction of sp³-hybridized carbons (Fsp3) is 0.500. The number of amides is 1. The summed E-state index contributed by atoms with van der Waals surface area (Å²) in [5, 5.41) is 0.843. The molecule has 0 atom stereocenters. The molecule has 1 saturated carbocycles. The zero-order valence-corrected chi connectivity index (χ0v) is 13.4. The first-order chi connectivity index (χ1) is 10.1. The molecule has 2 aromatic rings. The average molecular weight is 303 g/mol. The first-order valence-electron chi connectivity index (χ1n) is 7.47.